The maximum absolute atomic E-state index is 12.8. The molecule has 3 rings (SSSR count). The van der Waals surface area contributed by atoms with Crippen molar-refractivity contribution in [3.05, 3.63) is 29.3 Å². The molecule has 130 valence electrons. The first-order valence-corrected chi connectivity index (χ1v) is 8.72. The third kappa shape index (κ3) is 3.44. The number of carbonyl (C=O) groups is 2. The monoisotopic (exact) mass is 332 g/mol. The molecular weight excluding hydrogens is 306 g/mol. The molecule has 0 aliphatic carbocycles. The third-order valence-corrected chi connectivity index (χ3v) is 4.85. The Balaban J connectivity index is 1.79. The van der Waals surface area contributed by atoms with E-state index < -0.39 is 6.04 Å². The quantitative estimate of drug-likeness (QED) is 0.777. The van der Waals surface area contributed by atoms with E-state index in [2.05, 4.69) is 24.4 Å². The fourth-order valence-corrected chi connectivity index (χ4v) is 3.46. The Bertz CT molecular complexity index is 626. The number of carbonyl (C=O) groups excluding carboxylic acids is 2. The molecule has 0 saturated carbocycles. The Hall–Kier alpha value is -1.92. The average molecular weight is 332 g/mol. The SMILES string of the molecule is CCc1ccc2c(c1)[C@H](NC(C)=O)C(=O)N2CC[NH+]1CCOCC1. The smallest absolute Gasteiger partial charge is 0.254 e. The highest BCUT2D eigenvalue weighted by molar-refractivity contribution is 6.06. The summed E-state index contributed by atoms with van der Waals surface area (Å²) in [6, 6.07) is 5.58. The molecule has 2 aliphatic heterocycles. The van der Waals surface area contributed by atoms with E-state index in [0.29, 0.717) is 6.54 Å². The third-order valence-electron chi connectivity index (χ3n) is 4.85. The summed E-state index contributed by atoms with van der Waals surface area (Å²) in [5.41, 5.74) is 3.03. The second-order valence-corrected chi connectivity index (χ2v) is 6.48. The van der Waals surface area contributed by atoms with Gasteiger partial charge in [0.1, 0.15) is 19.1 Å². The summed E-state index contributed by atoms with van der Waals surface area (Å²) in [6.07, 6.45) is 0.909. The Kier molecular flexibility index (Phi) is 5.16. The number of ether oxygens (including phenoxy) is 1. The second kappa shape index (κ2) is 7.32. The summed E-state index contributed by atoms with van der Waals surface area (Å²) in [5.74, 6) is -0.206. The van der Waals surface area contributed by atoms with Gasteiger partial charge in [0.15, 0.2) is 0 Å². The van der Waals surface area contributed by atoms with Gasteiger partial charge in [-0.2, -0.15) is 0 Å². The molecule has 0 spiro atoms. The van der Waals surface area contributed by atoms with E-state index in [-0.39, 0.29) is 11.8 Å². The van der Waals surface area contributed by atoms with E-state index in [1.807, 2.05) is 11.0 Å². The Labute approximate surface area is 142 Å². The van der Waals surface area contributed by atoms with Gasteiger partial charge < -0.3 is 19.9 Å². The molecule has 6 nitrogen and oxygen atoms in total. The van der Waals surface area contributed by atoms with Gasteiger partial charge in [-0.25, -0.2) is 0 Å². The number of hydrogen-bond donors (Lipinski definition) is 2. The number of nitrogens with one attached hydrogen (secondary N) is 2. The second-order valence-electron chi connectivity index (χ2n) is 6.48. The first kappa shape index (κ1) is 16.9. The van der Waals surface area contributed by atoms with Crippen LogP contribution >= 0.6 is 0 Å². The molecule has 0 aromatic heterocycles. The molecule has 0 radical (unpaired) electrons. The van der Waals surface area contributed by atoms with Gasteiger partial charge in [-0.15, -0.1) is 0 Å². The fourth-order valence-electron chi connectivity index (χ4n) is 3.46. The van der Waals surface area contributed by atoms with Gasteiger partial charge in [-0.3, -0.25) is 9.59 Å². The topological polar surface area (TPSA) is 63.1 Å². The van der Waals surface area contributed by atoms with Crippen molar-refractivity contribution in [2.24, 2.45) is 0 Å². The molecule has 2 N–H and O–H groups in total. The molecular formula is C18H26N3O3+. The number of aryl methyl sites for hydroxylation is 1. The van der Waals surface area contributed by atoms with E-state index in [1.54, 1.807) is 0 Å². The minimum Gasteiger partial charge on any atom is -0.370 e. The van der Waals surface area contributed by atoms with Crippen molar-refractivity contribution in [3.8, 4) is 0 Å². The summed E-state index contributed by atoms with van der Waals surface area (Å²) in [7, 11) is 0. The summed E-state index contributed by atoms with van der Waals surface area (Å²) >= 11 is 0. The fraction of sp³-hybridized carbons (Fsp3) is 0.556. The molecule has 1 saturated heterocycles. The molecule has 2 amide bonds. The lowest BCUT2D eigenvalue weighted by Gasteiger charge is -2.26. The number of fused-ring (bicyclic) bond motifs is 1. The van der Waals surface area contributed by atoms with E-state index in [1.165, 1.54) is 17.4 Å². The van der Waals surface area contributed by atoms with E-state index in [4.69, 9.17) is 4.74 Å². The molecule has 6 heteroatoms. The number of amides is 2. The van der Waals surface area contributed by atoms with Crippen LogP contribution in [0.15, 0.2) is 18.2 Å². The molecule has 0 bridgehead atoms. The predicted molar refractivity (Wildman–Crippen MR) is 91.1 cm³/mol. The minimum atomic E-state index is -0.552. The van der Waals surface area contributed by atoms with E-state index in [0.717, 1.165) is 50.5 Å². The number of rotatable bonds is 5. The maximum Gasteiger partial charge on any atom is 0.254 e. The van der Waals surface area contributed by atoms with Gasteiger partial charge >= 0.3 is 0 Å². The van der Waals surface area contributed by atoms with Gasteiger partial charge in [-0.05, 0) is 18.1 Å². The van der Waals surface area contributed by atoms with E-state index >= 15 is 0 Å². The van der Waals surface area contributed by atoms with Crippen molar-refractivity contribution in [3.63, 3.8) is 0 Å². The van der Waals surface area contributed by atoms with Crippen molar-refractivity contribution >= 4 is 17.5 Å². The van der Waals surface area contributed by atoms with Crippen molar-refractivity contribution < 1.29 is 19.2 Å². The molecule has 1 aromatic rings. The largest absolute Gasteiger partial charge is 0.370 e. The summed E-state index contributed by atoms with van der Waals surface area (Å²) in [6.45, 7) is 8.66. The molecule has 2 heterocycles. The highest BCUT2D eigenvalue weighted by Crippen LogP contribution is 2.36. The zero-order valence-electron chi connectivity index (χ0n) is 14.4. The van der Waals surface area contributed by atoms with Gasteiger partial charge in [0, 0.05) is 18.2 Å². The average Bonchev–Trinajstić information content (AvgIpc) is 2.85. The molecule has 0 unspecified atom stereocenters. The number of hydrogen-bond acceptors (Lipinski definition) is 3. The van der Waals surface area contributed by atoms with E-state index in [9.17, 15) is 9.59 Å². The standard InChI is InChI=1S/C18H25N3O3/c1-3-14-4-5-16-15(12-14)17(19-13(2)22)18(23)21(16)7-6-20-8-10-24-11-9-20/h4-5,12,17H,3,6-11H2,1-2H3,(H,19,22)/p+1/t17-/m0/s1. The van der Waals surface area contributed by atoms with Gasteiger partial charge in [-0.1, -0.05) is 19.1 Å². The van der Waals surface area contributed by atoms with Gasteiger partial charge in [0.05, 0.1) is 26.3 Å². The van der Waals surface area contributed by atoms with Crippen LogP contribution in [0.4, 0.5) is 5.69 Å². The Morgan fingerprint density at radius 2 is 2.12 bits per heavy atom. The zero-order chi connectivity index (χ0) is 17.1. The minimum absolute atomic E-state index is 0.0267. The van der Waals surface area contributed by atoms with Crippen LogP contribution in [0.3, 0.4) is 0 Å². The van der Waals surface area contributed by atoms with Gasteiger partial charge in [0.25, 0.3) is 5.91 Å². The normalized spacial score (nSPS) is 21.0. The highest BCUT2D eigenvalue weighted by Gasteiger charge is 2.38. The summed E-state index contributed by atoms with van der Waals surface area (Å²) in [4.78, 5) is 27.7. The first-order valence-electron chi connectivity index (χ1n) is 8.72. The molecule has 2 aliphatic rings. The first-order chi connectivity index (χ1) is 11.6. The van der Waals surface area contributed by atoms with Crippen LogP contribution in [0.1, 0.15) is 31.0 Å². The van der Waals surface area contributed by atoms with Crippen LogP contribution in [0.5, 0.6) is 0 Å². The van der Waals surface area contributed by atoms with Crippen LogP contribution in [0.25, 0.3) is 0 Å². The number of anilines is 1. The lowest BCUT2D eigenvalue weighted by atomic mass is 10.0. The Morgan fingerprint density at radius 3 is 2.79 bits per heavy atom. The van der Waals surface area contributed by atoms with Crippen molar-refractivity contribution in [1.29, 1.82) is 0 Å². The molecule has 24 heavy (non-hydrogen) atoms. The number of benzene rings is 1. The van der Waals surface area contributed by atoms with Crippen molar-refractivity contribution in [2.45, 2.75) is 26.3 Å². The number of quaternary nitrogens is 1. The lowest BCUT2D eigenvalue weighted by molar-refractivity contribution is -0.906. The Morgan fingerprint density at radius 1 is 1.38 bits per heavy atom. The zero-order valence-corrected chi connectivity index (χ0v) is 14.4. The number of nitrogens with zero attached hydrogens (tertiary/aromatic N) is 1. The molecule has 1 fully saturated rings. The van der Waals surface area contributed by atoms with Crippen LogP contribution < -0.4 is 15.1 Å². The van der Waals surface area contributed by atoms with Crippen molar-refractivity contribution in [2.75, 3.05) is 44.3 Å². The maximum atomic E-state index is 12.8. The molecule has 1 aromatic carbocycles. The van der Waals surface area contributed by atoms with Crippen molar-refractivity contribution in [1.82, 2.24) is 5.32 Å². The molecule has 1 atom stereocenters. The predicted octanol–water partition coefficient (Wildman–Crippen LogP) is -0.312. The van der Waals surface area contributed by atoms with Crippen LogP contribution in [0.2, 0.25) is 0 Å². The lowest BCUT2D eigenvalue weighted by Crippen LogP contribution is -3.14. The van der Waals surface area contributed by atoms with Crippen LogP contribution in [-0.2, 0) is 20.7 Å². The summed E-state index contributed by atoms with van der Waals surface area (Å²) in [5, 5.41) is 2.81. The highest BCUT2D eigenvalue weighted by atomic mass is 16.5. The summed E-state index contributed by atoms with van der Waals surface area (Å²) < 4.78 is 5.39. The van der Waals surface area contributed by atoms with Crippen LogP contribution in [-0.4, -0.2) is 51.2 Å². The number of morpholine rings is 1. The van der Waals surface area contributed by atoms with Crippen LogP contribution in [0, 0.1) is 0 Å². The van der Waals surface area contributed by atoms with Gasteiger partial charge in [0.2, 0.25) is 5.91 Å².